The Morgan fingerprint density at radius 2 is 1.62 bits per heavy atom. The van der Waals surface area contributed by atoms with Crippen LogP contribution in [0.25, 0.3) is 0 Å². The monoisotopic (exact) mass is 256 g/mol. The normalized spacial score (nSPS) is 10.2. The van der Waals surface area contributed by atoms with Crippen LogP contribution in [-0.2, 0) is 0 Å². The Kier molecular flexibility index (Phi) is 3.87. The van der Waals surface area contributed by atoms with E-state index in [0.29, 0.717) is 5.56 Å². The van der Waals surface area contributed by atoms with Gasteiger partial charge in [0.25, 0.3) is 0 Å². The van der Waals surface area contributed by atoms with Gasteiger partial charge in [-0.15, -0.1) is 11.6 Å². The summed E-state index contributed by atoms with van der Waals surface area (Å²) in [5.74, 6) is -0.337. The minimum Gasteiger partial charge on any atom is -0.293 e. The molecule has 1 aromatic carbocycles. The fraction of sp³-hybridized carbons (Fsp3) is 0.125. The van der Waals surface area contributed by atoms with Crippen molar-refractivity contribution in [1.82, 2.24) is 0 Å². The van der Waals surface area contributed by atoms with Crippen LogP contribution in [0.1, 0.15) is 10.4 Å². The maximum absolute atomic E-state index is 11.1. The van der Waals surface area contributed by atoms with Crippen LogP contribution in [0, 0.1) is 0 Å². The molecule has 0 spiro atoms. The first-order valence-corrected chi connectivity index (χ1v) is 4.97. The molecule has 0 aliphatic rings. The van der Waals surface area contributed by atoms with Crippen molar-refractivity contribution in [2.75, 3.05) is 5.88 Å². The molecule has 0 heterocycles. The van der Waals surface area contributed by atoms with Gasteiger partial charge in [0.05, 0.1) is 20.9 Å². The molecule has 0 fully saturated rings. The molecule has 70 valence electrons. The van der Waals surface area contributed by atoms with Gasteiger partial charge >= 0.3 is 0 Å². The summed E-state index contributed by atoms with van der Waals surface area (Å²) in [5, 5.41) is 0.750. The highest BCUT2D eigenvalue weighted by molar-refractivity contribution is 6.48. The number of benzene rings is 1. The number of rotatable bonds is 2. The molecular formula is C8H4Cl4O. The number of hydrogen-bond donors (Lipinski definition) is 0. The molecule has 0 aliphatic carbocycles. The van der Waals surface area contributed by atoms with Crippen LogP contribution >= 0.6 is 46.4 Å². The fourth-order valence-electron chi connectivity index (χ4n) is 0.794. The summed E-state index contributed by atoms with van der Waals surface area (Å²) in [4.78, 5) is 11.1. The van der Waals surface area contributed by atoms with Crippen LogP contribution in [0.15, 0.2) is 12.1 Å². The molecular weight excluding hydrogens is 254 g/mol. The van der Waals surface area contributed by atoms with Gasteiger partial charge in [-0.25, -0.2) is 0 Å². The number of ketones is 1. The number of hydrogen-bond acceptors (Lipinski definition) is 1. The molecule has 5 heteroatoms. The van der Waals surface area contributed by atoms with Gasteiger partial charge in [-0.1, -0.05) is 34.8 Å². The molecule has 1 aromatic rings. The summed E-state index contributed by atoms with van der Waals surface area (Å²) in [6.07, 6.45) is 0. The second-order valence-corrected chi connectivity index (χ2v) is 3.77. The van der Waals surface area contributed by atoms with Crippen molar-refractivity contribution in [2.24, 2.45) is 0 Å². The van der Waals surface area contributed by atoms with Crippen LogP contribution < -0.4 is 0 Å². The van der Waals surface area contributed by atoms with Crippen LogP contribution in [0.3, 0.4) is 0 Å². The number of alkyl halides is 1. The van der Waals surface area contributed by atoms with Gasteiger partial charge in [0.15, 0.2) is 5.78 Å². The Hall–Kier alpha value is 0.0500. The summed E-state index contributed by atoms with van der Waals surface area (Å²) in [6, 6.07) is 2.89. The largest absolute Gasteiger partial charge is 0.293 e. The van der Waals surface area contributed by atoms with E-state index >= 15 is 0 Å². The molecule has 0 radical (unpaired) electrons. The summed E-state index contributed by atoms with van der Waals surface area (Å²) in [5.41, 5.74) is 0.370. The average molecular weight is 258 g/mol. The third kappa shape index (κ3) is 2.50. The zero-order valence-electron chi connectivity index (χ0n) is 6.28. The van der Waals surface area contributed by atoms with Crippen LogP contribution in [0.4, 0.5) is 0 Å². The van der Waals surface area contributed by atoms with E-state index in [9.17, 15) is 4.79 Å². The SMILES string of the molecule is O=C(CCl)c1cc(Cl)c(Cl)c(Cl)c1. The molecule has 0 amide bonds. The zero-order chi connectivity index (χ0) is 10.0. The summed E-state index contributed by atoms with van der Waals surface area (Å²) in [6.45, 7) is 0. The molecule has 0 aliphatic heterocycles. The van der Waals surface area contributed by atoms with Crippen LogP contribution in [-0.4, -0.2) is 11.7 Å². The molecule has 0 atom stereocenters. The minimum atomic E-state index is -0.234. The third-order valence-electron chi connectivity index (χ3n) is 1.43. The summed E-state index contributed by atoms with van der Waals surface area (Å²) in [7, 11) is 0. The van der Waals surface area contributed by atoms with Gasteiger partial charge in [-0.2, -0.15) is 0 Å². The van der Waals surface area contributed by atoms with E-state index < -0.39 is 0 Å². The Labute approximate surface area is 95.5 Å². The molecule has 1 nitrogen and oxygen atoms in total. The molecule has 1 rings (SSSR count). The highest BCUT2D eigenvalue weighted by Gasteiger charge is 2.10. The Morgan fingerprint density at radius 1 is 1.15 bits per heavy atom. The van der Waals surface area contributed by atoms with E-state index in [2.05, 4.69) is 0 Å². The van der Waals surface area contributed by atoms with Crippen LogP contribution in [0.5, 0.6) is 0 Å². The van der Waals surface area contributed by atoms with Gasteiger partial charge in [0.2, 0.25) is 0 Å². The predicted octanol–water partition coefficient (Wildman–Crippen LogP) is 4.07. The molecule has 0 saturated heterocycles. The first-order valence-electron chi connectivity index (χ1n) is 3.30. The lowest BCUT2D eigenvalue weighted by Gasteiger charge is -2.02. The Bertz CT molecular complexity index is 325. The van der Waals surface area contributed by atoms with Crippen molar-refractivity contribution in [3.63, 3.8) is 0 Å². The van der Waals surface area contributed by atoms with Crippen molar-refractivity contribution in [1.29, 1.82) is 0 Å². The van der Waals surface area contributed by atoms with Gasteiger partial charge in [-0.05, 0) is 12.1 Å². The van der Waals surface area contributed by atoms with E-state index in [1.54, 1.807) is 0 Å². The molecule has 0 bridgehead atoms. The second-order valence-electron chi connectivity index (χ2n) is 2.31. The quantitative estimate of drug-likeness (QED) is 0.444. The number of Topliss-reactive ketones (excluding diaryl/α,β-unsaturated/α-hetero) is 1. The maximum atomic E-state index is 11.1. The lowest BCUT2D eigenvalue weighted by molar-refractivity contribution is 0.102. The average Bonchev–Trinajstić information content (AvgIpc) is 2.12. The Balaban J connectivity index is 3.20. The first-order chi connectivity index (χ1) is 6.06. The third-order valence-corrected chi connectivity index (χ3v) is 2.87. The molecule has 0 unspecified atom stereocenters. The first kappa shape index (κ1) is 11.1. The van der Waals surface area contributed by atoms with E-state index in [1.807, 2.05) is 0 Å². The topological polar surface area (TPSA) is 17.1 Å². The van der Waals surface area contributed by atoms with Crippen molar-refractivity contribution in [2.45, 2.75) is 0 Å². The smallest absolute Gasteiger partial charge is 0.177 e. The summed E-state index contributed by atoms with van der Waals surface area (Å²) >= 11 is 22.5. The van der Waals surface area contributed by atoms with Crippen molar-refractivity contribution in [3.8, 4) is 0 Å². The van der Waals surface area contributed by atoms with Gasteiger partial charge in [0.1, 0.15) is 0 Å². The Morgan fingerprint density at radius 3 is 2.00 bits per heavy atom. The minimum absolute atomic E-state index is 0.103. The van der Waals surface area contributed by atoms with Crippen LogP contribution in [0.2, 0.25) is 15.1 Å². The highest BCUT2D eigenvalue weighted by Crippen LogP contribution is 2.31. The lowest BCUT2D eigenvalue weighted by atomic mass is 10.1. The maximum Gasteiger partial charge on any atom is 0.177 e. The van der Waals surface area contributed by atoms with E-state index in [0.717, 1.165) is 0 Å². The van der Waals surface area contributed by atoms with Gasteiger partial charge in [0, 0.05) is 5.56 Å². The van der Waals surface area contributed by atoms with E-state index in [-0.39, 0.29) is 26.7 Å². The molecule has 0 N–H and O–H groups in total. The lowest BCUT2D eigenvalue weighted by Crippen LogP contribution is -2.00. The number of carbonyl (C=O) groups is 1. The van der Waals surface area contributed by atoms with Gasteiger partial charge < -0.3 is 0 Å². The molecule has 0 saturated carbocycles. The van der Waals surface area contributed by atoms with E-state index in [1.165, 1.54) is 12.1 Å². The van der Waals surface area contributed by atoms with Gasteiger partial charge in [-0.3, -0.25) is 4.79 Å². The molecule has 13 heavy (non-hydrogen) atoms. The second kappa shape index (κ2) is 4.52. The van der Waals surface area contributed by atoms with Crippen molar-refractivity contribution < 1.29 is 4.79 Å². The number of carbonyl (C=O) groups excluding carboxylic acids is 1. The zero-order valence-corrected chi connectivity index (χ0v) is 9.31. The van der Waals surface area contributed by atoms with Crippen molar-refractivity contribution >= 4 is 52.2 Å². The highest BCUT2D eigenvalue weighted by atomic mass is 35.5. The number of halogens is 4. The van der Waals surface area contributed by atoms with E-state index in [4.69, 9.17) is 46.4 Å². The molecule has 0 aromatic heterocycles. The predicted molar refractivity (Wildman–Crippen MR) is 56.5 cm³/mol. The standard InChI is InChI=1S/C8H4Cl4O/c9-3-7(13)4-1-5(10)8(12)6(11)2-4/h1-2H,3H2. The van der Waals surface area contributed by atoms with Crippen molar-refractivity contribution in [3.05, 3.63) is 32.8 Å². The summed E-state index contributed by atoms with van der Waals surface area (Å²) < 4.78 is 0. The fourth-order valence-corrected chi connectivity index (χ4v) is 1.54.